The summed E-state index contributed by atoms with van der Waals surface area (Å²) in [6.45, 7) is 10.1. The fourth-order valence-electron chi connectivity index (χ4n) is 2.44. The molecule has 1 amide bonds. The summed E-state index contributed by atoms with van der Waals surface area (Å²) in [5, 5.41) is 7.11. The first-order valence-electron chi connectivity index (χ1n) is 8.31. The van der Waals surface area contributed by atoms with Crippen LogP contribution in [-0.2, 0) is 32.0 Å². The lowest BCUT2D eigenvalue weighted by molar-refractivity contribution is -0.118. The molecule has 1 aromatic rings. The lowest BCUT2D eigenvalue weighted by atomic mass is 9.92. The molecule has 0 atom stereocenters. The average molecular weight is 372 g/mol. The highest BCUT2D eigenvalue weighted by Gasteiger charge is 2.46. The molecule has 1 aromatic heterocycles. The zero-order chi connectivity index (χ0) is 19.0. The van der Waals surface area contributed by atoms with Gasteiger partial charge in [-0.1, -0.05) is 20.8 Å². The van der Waals surface area contributed by atoms with E-state index in [0.717, 1.165) is 5.69 Å². The van der Waals surface area contributed by atoms with Crippen LogP contribution >= 0.6 is 0 Å². The minimum Gasteiger partial charge on any atom is -0.379 e. The smallest absolute Gasteiger partial charge is 0.247 e. The molecular weight excluding hydrogens is 344 g/mol. The second kappa shape index (κ2) is 6.69. The van der Waals surface area contributed by atoms with Crippen molar-refractivity contribution in [2.24, 2.45) is 7.05 Å². The minimum absolute atomic E-state index is 0.171. The number of aromatic nitrogens is 2. The van der Waals surface area contributed by atoms with Crippen LogP contribution in [0.4, 0.5) is 5.82 Å². The van der Waals surface area contributed by atoms with Crippen LogP contribution in [0.1, 0.15) is 40.3 Å². The maximum Gasteiger partial charge on any atom is 0.247 e. The van der Waals surface area contributed by atoms with Crippen molar-refractivity contribution in [1.29, 1.82) is 0 Å². The summed E-state index contributed by atoms with van der Waals surface area (Å²) < 4.78 is 32.2. The monoisotopic (exact) mass is 372 g/mol. The molecule has 0 saturated carbocycles. The summed E-state index contributed by atoms with van der Waals surface area (Å²) in [7, 11) is -2.09. The van der Waals surface area contributed by atoms with Crippen LogP contribution < -0.4 is 5.32 Å². The van der Waals surface area contributed by atoms with E-state index in [1.807, 2.05) is 20.8 Å². The van der Waals surface area contributed by atoms with Gasteiger partial charge in [0.2, 0.25) is 15.9 Å². The van der Waals surface area contributed by atoms with Crippen LogP contribution in [0.3, 0.4) is 0 Å². The van der Waals surface area contributed by atoms with Crippen molar-refractivity contribution >= 4 is 21.7 Å². The highest BCUT2D eigenvalue weighted by atomic mass is 32.2. The Morgan fingerprint density at radius 2 is 1.76 bits per heavy atom. The summed E-state index contributed by atoms with van der Waals surface area (Å²) in [5.74, 6) is -0.109. The predicted octanol–water partition coefficient (Wildman–Crippen LogP) is 1.10. The lowest BCUT2D eigenvalue weighted by Crippen LogP contribution is -2.54. The van der Waals surface area contributed by atoms with Gasteiger partial charge in [-0.25, -0.2) is 8.42 Å². The van der Waals surface area contributed by atoms with E-state index in [1.165, 1.54) is 18.2 Å². The van der Waals surface area contributed by atoms with Crippen LogP contribution in [-0.4, -0.2) is 59.5 Å². The van der Waals surface area contributed by atoms with E-state index in [9.17, 15) is 13.2 Å². The second-order valence-corrected chi connectivity index (χ2v) is 10.3. The van der Waals surface area contributed by atoms with Crippen molar-refractivity contribution < 1.29 is 17.9 Å². The Kier molecular flexibility index (Phi) is 5.32. The molecule has 142 valence electrons. The van der Waals surface area contributed by atoms with Crippen LogP contribution in [0.5, 0.6) is 0 Å². The number of hydrogen-bond donors (Lipinski definition) is 1. The average Bonchev–Trinajstić information content (AvgIpc) is 2.89. The van der Waals surface area contributed by atoms with Crippen molar-refractivity contribution in [2.45, 2.75) is 44.8 Å². The van der Waals surface area contributed by atoms with Gasteiger partial charge < -0.3 is 10.1 Å². The molecule has 0 aliphatic carbocycles. The Hall–Kier alpha value is -1.45. The van der Waals surface area contributed by atoms with Crippen molar-refractivity contribution in [1.82, 2.24) is 14.1 Å². The van der Waals surface area contributed by atoms with Gasteiger partial charge in [-0.2, -0.15) is 9.40 Å². The third-order valence-corrected chi connectivity index (χ3v) is 6.91. The zero-order valence-corrected chi connectivity index (χ0v) is 16.6. The van der Waals surface area contributed by atoms with Gasteiger partial charge in [0.1, 0.15) is 5.82 Å². The molecule has 0 radical (unpaired) electrons. The van der Waals surface area contributed by atoms with Crippen LogP contribution in [0.15, 0.2) is 6.07 Å². The van der Waals surface area contributed by atoms with E-state index in [4.69, 9.17) is 4.74 Å². The van der Waals surface area contributed by atoms with E-state index >= 15 is 0 Å². The number of amides is 1. The molecular formula is C16H28N4O4S. The van der Waals surface area contributed by atoms with Gasteiger partial charge in [0.25, 0.3) is 0 Å². The topological polar surface area (TPSA) is 93.5 Å². The van der Waals surface area contributed by atoms with Crippen LogP contribution in [0.2, 0.25) is 0 Å². The molecule has 8 nitrogen and oxygen atoms in total. The van der Waals surface area contributed by atoms with E-state index < -0.39 is 20.7 Å². The Bertz CT molecular complexity index is 741. The predicted molar refractivity (Wildman–Crippen MR) is 95.9 cm³/mol. The SMILES string of the molecule is Cn1nc(C(C)(C)C)cc1NC(=O)C(C)(C)S(=O)(=O)N1CCOCC1. The number of carbonyl (C=O) groups is 1. The first kappa shape index (κ1) is 19.9. The van der Waals surface area contributed by atoms with Gasteiger partial charge in [-0.15, -0.1) is 0 Å². The van der Waals surface area contributed by atoms with E-state index in [2.05, 4.69) is 10.4 Å². The van der Waals surface area contributed by atoms with Gasteiger partial charge in [0, 0.05) is 31.6 Å². The number of nitrogens with zero attached hydrogens (tertiary/aromatic N) is 3. The standard InChI is InChI=1S/C16H28N4O4S/c1-15(2,3)12-11-13(19(6)18-12)17-14(21)16(4,5)25(22,23)20-7-9-24-10-8-20/h11H,7-10H2,1-6H3,(H,17,21). The molecule has 0 spiro atoms. The highest BCUT2D eigenvalue weighted by Crippen LogP contribution is 2.26. The molecule has 25 heavy (non-hydrogen) atoms. The van der Waals surface area contributed by atoms with Crippen LogP contribution in [0.25, 0.3) is 0 Å². The third kappa shape index (κ3) is 3.88. The summed E-state index contributed by atoms with van der Waals surface area (Å²) in [5.41, 5.74) is 0.648. The minimum atomic E-state index is -3.80. The second-order valence-electron chi connectivity index (χ2n) is 7.77. The lowest BCUT2D eigenvalue weighted by Gasteiger charge is -2.33. The first-order chi connectivity index (χ1) is 11.4. The quantitative estimate of drug-likeness (QED) is 0.854. The number of ether oxygens (including phenoxy) is 1. The molecule has 0 unspecified atom stereocenters. The molecule has 1 N–H and O–H groups in total. The molecule has 1 aliphatic rings. The number of nitrogens with one attached hydrogen (secondary N) is 1. The van der Waals surface area contributed by atoms with Crippen LogP contribution in [0, 0.1) is 0 Å². The number of hydrogen-bond acceptors (Lipinski definition) is 5. The summed E-state index contributed by atoms with van der Waals surface area (Å²) in [4.78, 5) is 12.7. The molecule has 0 aromatic carbocycles. The summed E-state index contributed by atoms with van der Waals surface area (Å²) in [6, 6.07) is 1.77. The molecule has 2 heterocycles. The number of aryl methyl sites for hydroxylation is 1. The molecule has 1 aliphatic heterocycles. The molecule has 1 saturated heterocycles. The number of carbonyl (C=O) groups excluding carboxylic acids is 1. The van der Waals surface area contributed by atoms with Crippen molar-refractivity contribution in [3.63, 3.8) is 0 Å². The molecule has 0 bridgehead atoms. The Morgan fingerprint density at radius 3 is 2.24 bits per heavy atom. The number of sulfonamides is 1. The number of anilines is 1. The van der Waals surface area contributed by atoms with Gasteiger partial charge in [-0.05, 0) is 13.8 Å². The largest absolute Gasteiger partial charge is 0.379 e. The Morgan fingerprint density at radius 1 is 1.20 bits per heavy atom. The summed E-state index contributed by atoms with van der Waals surface area (Å²) >= 11 is 0. The zero-order valence-electron chi connectivity index (χ0n) is 15.8. The fourth-order valence-corrected chi connectivity index (χ4v) is 4.01. The fraction of sp³-hybridized carbons (Fsp3) is 0.750. The van der Waals surface area contributed by atoms with E-state index in [1.54, 1.807) is 17.8 Å². The number of morpholine rings is 1. The van der Waals surface area contributed by atoms with Gasteiger partial charge in [-0.3, -0.25) is 9.48 Å². The first-order valence-corrected chi connectivity index (χ1v) is 9.75. The Labute approximate surface area is 149 Å². The molecule has 1 fully saturated rings. The molecule has 2 rings (SSSR count). The summed E-state index contributed by atoms with van der Waals surface area (Å²) in [6.07, 6.45) is 0. The van der Waals surface area contributed by atoms with Crippen molar-refractivity contribution in [2.75, 3.05) is 31.6 Å². The van der Waals surface area contributed by atoms with Gasteiger partial charge >= 0.3 is 0 Å². The van der Waals surface area contributed by atoms with E-state index in [-0.39, 0.29) is 18.5 Å². The third-order valence-electron chi connectivity index (χ3n) is 4.39. The van der Waals surface area contributed by atoms with Gasteiger partial charge in [0.05, 0.1) is 18.9 Å². The maximum atomic E-state index is 12.9. The van der Waals surface area contributed by atoms with E-state index in [0.29, 0.717) is 19.0 Å². The normalized spacial score (nSPS) is 17.5. The van der Waals surface area contributed by atoms with Crippen molar-refractivity contribution in [3.05, 3.63) is 11.8 Å². The van der Waals surface area contributed by atoms with Gasteiger partial charge in [0.15, 0.2) is 4.75 Å². The Balaban J connectivity index is 2.23. The van der Waals surface area contributed by atoms with Crippen molar-refractivity contribution in [3.8, 4) is 0 Å². The number of rotatable bonds is 4. The highest BCUT2D eigenvalue weighted by molar-refractivity contribution is 7.91. The maximum absolute atomic E-state index is 12.9. The molecule has 9 heteroatoms.